The molecule has 0 amide bonds. The van der Waals surface area contributed by atoms with Crippen LogP contribution in [0.15, 0.2) is 11.6 Å². The molecule has 1 saturated heterocycles. The number of fused-ring (bicyclic) bond motifs is 5. The quantitative estimate of drug-likeness (QED) is 0.401. The minimum absolute atomic E-state index is 0.0675. The number of hydrogen-bond acceptors (Lipinski definition) is 4. The van der Waals surface area contributed by atoms with Crippen molar-refractivity contribution in [2.75, 3.05) is 13.1 Å². The second-order valence-corrected chi connectivity index (χ2v) is 11.2. The fourth-order valence-corrected chi connectivity index (χ4v) is 8.46. The first-order valence-corrected chi connectivity index (χ1v) is 11.9. The lowest BCUT2D eigenvalue weighted by Crippen LogP contribution is -2.51. The zero-order valence-corrected chi connectivity index (χ0v) is 18.6. The molecule has 0 aromatic heterocycles. The highest BCUT2D eigenvalue weighted by atomic mass is 16.5. The van der Waals surface area contributed by atoms with Crippen LogP contribution in [-0.2, 0) is 14.3 Å². The van der Waals surface area contributed by atoms with E-state index in [9.17, 15) is 9.59 Å². The number of carbonyl (C=O) groups excluding carboxylic acids is 2. The van der Waals surface area contributed by atoms with Gasteiger partial charge in [0.05, 0.1) is 0 Å². The Morgan fingerprint density at radius 2 is 1.86 bits per heavy atom. The van der Waals surface area contributed by atoms with Gasteiger partial charge in [0.1, 0.15) is 11.9 Å². The number of allylic oxidation sites excluding steroid dienone is 1. The smallest absolute Gasteiger partial charge is 0.302 e. The maximum Gasteiger partial charge on any atom is 0.302 e. The van der Waals surface area contributed by atoms with Gasteiger partial charge in [-0.2, -0.15) is 0 Å². The second kappa shape index (κ2) is 6.67. The molecule has 4 fully saturated rings. The molecule has 29 heavy (non-hydrogen) atoms. The van der Waals surface area contributed by atoms with E-state index < -0.39 is 0 Å². The molecule has 1 aliphatic heterocycles. The highest BCUT2D eigenvalue weighted by Crippen LogP contribution is 2.67. The maximum absolute atomic E-state index is 12.7. The van der Waals surface area contributed by atoms with Crippen molar-refractivity contribution in [3.63, 3.8) is 0 Å². The molecule has 8 atom stereocenters. The van der Waals surface area contributed by atoms with Gasteiger partial charge in [-0.25, -0.2) is 0 Å². The molecule has 3 saturated carbocycles. The van der Waals surface area contributed by atoms with Crippen LogP contribution in [0, 0.1) is 34.5 Å². The van der Waals surface area contributed by atoms with Gasteiger partial charge < -0.3 is 4.74 Å². The van der Waals surface area contributed by atoms with Gasteiger partial charge in [0.2, 0.25) is 0 Å². The van der Waals surface area contributed by atoms with Crippen molar-refractivity contribution in [2.24, 2.45) is 34.5 Å². The van der Waals surface area contributed by atoms with Crippen LogP contribution in [0.3, 0.4) is 0 Å². The average molecular weight is 400 g/mol. The van der Waals surface area contributed by atoms with Gasteiger partial charge in [0, 0.05) is 38.4 Å². The van der Waals surface area contributed by atoms with Crippen molar-refractivity contribution in [1.29, 1.82) is 0 Å². The summed E-state index contributed by atoms with van der Waals surface area (Å²) in [5, 5.41) is 0. The van der Waals surface area contributed by atoms with E-state index in [1.165, 1.54) is 39.3 Å². The lowest BCUT2D eigenvalue weighted by molar-refractivity contribution is -0.149. The predicted octanol–water partition coefficient (Wildman–Crippen LogP) is 4.38. The Bertz CT molecular complexity index is 755. The fraction of sp³-hybridized carbons (Fsp3) is 0.840. The Hall–Kier alpha value is -1.16. The van der Waals surface area contributed by atoms with Crippen molar-refractivity contribution in [3.8, 4) is 0 Å². The van der Waals surface area contributed by atoms with Gasteiger partial charge >= 0.3 is 5.97 Å². The number of ether oxygens (including phenoxy) is 1. The van der Waals surface area contributed by atoms with E-state index in [4.69, 9.17) is 4.74 Å². The van der Waals surface area contributed by atoms with Crippen LogP contribution in [0.25, 0.3) is 0 Å². The number of ketones is 1. The molecular formula is C25H37NO3. The first-order chi connectivity index (χ1) is 13.7. The van der Waals surface area contributed by atoms with E-state index in [0.29, 0.717) is 23.7 Å². The summed E-state index contributed by atoms with van der Waals surface area (Å²) >= 11 is 0. The van der Waals surface area contributed by atoms with Gasteiger partial charge in [0.25, 0.3) is 0 Å². The number of hydrogen-bond donors (Lipinski definition) is 0. The highest BCUT2D eigenvalue weighted by Gasteiger charge is 2.63. The van der Waals surface area contributed by atoms with Crippen molar-refractivity contribution in [1.82, 2.24) is 4.90 Å². The minimum atomic E-state index is -0.149. The normalized spacial score (nSPS) is 48.8. The monoisotopic (exact) mass is 399 g/mol. The number of rotatable bonds is 3. The molecule has 4 heteroatoms. The van der Waals surface area contributed by atoms with Crippen molar-refractivity contribution < 1.29 is 14.3 Å². The van der Waals surface area contributed by atoms with Crippen LogP contribution in [0.5, 0.6) is 0 Å². The third-order valence-corrected chi connectivity index (χ3v) is 9.81. The van der Waals surface area contributed by atoms with Gasteiger partial charge in [-0.3, -0.25) is 14.5 Å². The number of esters is 1. The van der Waals surface area contributed by atoms with Gasteiger partial charge in [-0.05, 0) is 74.0 Å². The minimum Gasteiger partial charge on any atom is -0.462 e. The van der Waals surface area contributed by atoms with Crippen molar-refractivity contribution >= 4 is 11.8 Å². The van der Waals surface area contributed by atoms with E-state index in [2.05, 4.69) is 24.8 Å². The molecule has 0 aromatic rings. The van der Waals surface area contributed by atoms with Crippen LogP contribution >= 0.6 is 0 Å². The van der Waals surface area contributed by atoms with E-state index in [1.54, 1.807) is 5.57 Å². The summed E-state index contributed by atoms with van der Waals surface area (Å²) in [5.41, 5.74) is 1.98. The lowest BCUT2D eigenvalue weighted by atomic mass is 9.47. The Kier molecular flexibility index (Phi) is 4.55. The average Bonchev–Trinajstić information content (AvgIpc) is 3.43. The molecule has 160 valence electrons. The number of Topliss-reactive ketones (excluding diaryl/α,β-unsaturated/α-hetero) is 1. The summed E-state index contributed by atoms with van der Waals surface area (Å²) in [5.74, 6) is 2.60. The first kappa shape index (κ1) is 19.8. The molecule has 0 N–H and O–H groups in total. The Morgan fingerprint density at radius 1 is 1.10 bits per heavy atom. The molecule has 0 aromatic carbocycles. The molecular weight excluding hydrogens is 362 g/mol. The Morgan fingerprint density at radius 3 is 2.52 bits per heavy atom. The van der Waals surface area contributed by atoms with Crippen LogP contribution in [-0.4, -0.2) is 41.9 Å². The summed E-state index contributed by atoms with van der Waals surface area (Å²) in [4.78, 5) is 26.7. The molecule has 0 unspecified atom stereocenters. The van der Waals surface area contributed by atoms with E-state index in [0.717, 1.165) is 31.6 Å². The molecule has 0 spiro atoms. The molecule has 5 aliphatic rings. The second-order valence-electron chi connectivity index (χ2n) is 11.2. The fourth-order valence-electron chi connectivity index (χ4n) is 8.46. The summed E-state index contributed by atoms with van der Waals surface area (Å²) in [6.45, 7) is 10.7. The summed E-state index contributed by atoms with van der Waals surface area (Å²) < 4.78 is 5.57. The van der Waals surface area contributed by atoms with Crippen LogP contribution in [0.1, 0.15) is 72.6 Å². The van der Waals surface area contributed by atoms with Crippen molar-refractivity contribution in [2.45, 2.75) is 84.8 Å². The first-order valence-electron chi connectivity index (χ1n) is 11.9. The van der Waals surface area contributed by atoms with Crippen LogP contribution in [0.4, 0.5) is 0 Å². The summed E-state index contributed by atoms with van der Waals surface area (Å²) in [6.07, 6.45) is 10.4. The van der Waals surface area contributed by atoms with E-state index in [1.807, 2.05) is 6.92 Å². The van der Waals surface area contributed by atoms with Crippen LogP contribution < -0.4 is 0 Å². The molecule has 1 heterocycles. The third kappa shape index (κ3) is 2.96. The number of nitrogens with zero attached hydrogens (tertiary/aromatic N) is 1. The molecule has 4 nitrogen and oxygen atoms in total. The van der Waals surface area contributed by atoms with Crippen molar-refractivity contribution in [3.05, 3.63) is 11.6 Å². The van der Waals surface area contributed by atoms with E-state index in [-0.39, 0.29) is 28.8 Å². The van der Waals surface area contributed by atoms with E-state index >= 15 is 0 Å². The largest absolute Gasteiger partial charge is 0.462 e. The Labute approximate surface area is 175 Å². The summed E-state index contributed by atoms with van der Waals surface area (Å²) in [7, 11) is 0. The molecule has 0 bridgehead atoms. The van der Waals surface area contributed by atoms with Gasteiger partial charge in [0.15, 0.2) is 0 Å². The van der Waals surface area contributed by atoms with Gasteiger partial charge in [-0.1, -0.05) is 25.5 Å². The highest BCUT2D eigenvalue weighted by molar-refractivity contribution is 5.80. The molecule has 5 rings (SSSR count). The topological polar surface area (TPSA) is 46.4 Å². The van der Waals surface area contributed by atoms with Crippen LogP contribution in [0.2, 0.25) is 0 Å². The predicted molar refractivity (Wildman–Crippen MR) is 112 cm³/mol. The van der Waals surface area contributed by atoms with Gasteiger partial charge in [-0.15, -0.1) is 0 Å². The third-order valence-electron chi connectivity index (χ3n) is 9.81. The lowest BCUT2D eigenvalue weighted by Gasteiger charge is -2.58. The standard InChI is InChI=1S/C25H37NO3/c1-15(27)23-22(26-11-12-26)14-21-19-6-5-17-13-18(29-16(2)28)7-9-24(17,3)20(19)8-10-25(21,23)4/h5,18-23H,6-14H2,1-4H3/t18-,19-,20+,21+,22+,23+,24+,25+/m1/s1. The molecule has 4 aliphatic carbocycles. The SMILES string of the molecule is CC(=O)O[C@@H]1CC[C@@]2(C)C(=CC[C@H]3[C@@H]4C[C@H](N5CC5)[C@H](C(C)=O)[C@@]4(C)CC[C@@H]32)C1. The summed E-state index contributed by atoms with van der Waals surface area (Å²) in [6, 6.07) is 0.485. The number of carbonyl (C=O) groups is 2. The Balaban J connectivity index is 1.43. The molecule has 0 radical (unpaired) electrons. The maximum atomic E-state index is 12.7. The zero-order chi connectivity index (χ0) is 20.6. The zero-order valence-electron chi connectivity index (χ0n) is 18.6.